The fourth-order valence-corrected chi connectivity index (χ4v) is 1.41. The van der Waals surface area contributed by atoms with Gasteiger partial charge in [-0.25, -0.2) is 0 Å². The highest BCUT2D eigenvalue weighted by Gasteiger charge is 2.32. The van der Waals surface area contributed by atoms with E-state index in [2.05, 4.69) is 4.99 Å². The Morgan fingerprint density at radius 2 is 2.29 bits per heavy atom. The predicted molar refractivity (Wildman–Crippen MR) is 51.3 cm³/mol. The van der Waals surface area contributed by atoms with E-state index in [0.717, 1.165) is 0 Å². The average molecular weight is 203 g/mol. The molecule has 1 rings (SSSR count). The summed E-state index contributed by atoms with van der Waals surface area (Å²) in [4.78, 5) is 4.12. The third kappa shape index (κ3) is 2.75. The smallest absolute Gasteiger partial charge is 0.188 e. The highest BCUT2D eigenvalue weighted by atomic mass is 16.7. The van der Waals surface area contributed by atoms with Crippen LogP contribution in [-0.2, 0) is 14.2 Å². The molecule has 0 spiro atoms. The van der Waals surface area contributed by atoms with Gasteiger partial charge in [-0.2, -0.15) is 0 Å². The zero-order chi connectivity index (χ0) is 10.6. The van der Waals surface area contributed by atoms with Crippen molar-refractivity contribution in [2.45, 2.75) is 31.8 Å². The first-order valence-electron chi connectivity index (χ1n) is 4.57. The molecule has 0 radical (unpaired) electrons. The van der Waals surface area contributed by atoms with Crippen molar-refractivity contribution in [3.63, 3.8) is 0 Å². The van der Waals surface area contributed by atoms with Gasteiger partial charge in [0.25, 0.3) is 0 Å². The van der Waals surface area contributed by atoms with Gasteiger partial charge in [0.05, 0.1) is 11.8 Å². The normalized spacial score (nSPS) is 36.3. The lowest BCUT2D eigenvalue weighted by Gasteiger charge is -2.32. The zero-order valence-electron chi connectivity index (χ0n) is 8.77. The number of nitrogens with zero attached hydrogens (tertiary/aromatic N) is 1. The molecule has 1 aliphatic heterocycles. The Balaban J connectivity index is 2.64. The van der Waals surface area contributed by atoms with E-state index in [1.54, 1.807) is 7.11 Å². The van der Waals surface area contributed by atoms with E-state index in [4.69, 9.17) is 14.2 Å². The van der Waals surface area contributed by atoms with Crippen molar-refractivity contribution in [1.29, 1.82) is 0 Å². The van der Waals surface area contributed by atoms with Crippen molar-refractivity contribution in [3.8, 4) is 0 Å². The van der Waals surface area contributed by atoms with Crippen LogP contribution in [0.5, 0.6) is 0 Å². The minimum Gasteiger partial charge on any atom is -0.382 e. The molecule has 0 amide bonds. The van der Waals surface area contributed by atoms with E-state index in [9.17, 15) is 5.11 Å². The van der Waals surface area contributed by atoms with Gasteiger partial charge in [-0.3, -0.25) is 4.99 Å². The van der Waals surface area contributed by atoms with Crippen LogP contribution in [0.4, 0.5) is 0 Å². The predicted octanol–water partition coefficient (Wildman–Crippen LogP) is 0.173. The molecule has 3 atom stereocenters. The van der Waals surface area contributed by atoms with E-state index in [1.165, 1.54) is 7.11 Å². The summed E-state index contributed by atoms with van der Waals surface area (Å²) in [6.45, 7) is 2.18. The summed E-state index contributed by atoms with van der Waals surface area (Å²) < 4.78 is 15.2. The van der Waals surface area contributed by atoms with E-state index >= 15 is 0 Å². The number of aliphatic imine (C=N–C) groups is 1. The second-order valence-corrected chi connectivity index (χ2v) is 3.27. The lowest BCUT2D eigenvalue weighted by atomic mass is 10.0. The lowest BCUT2D eigenvalue weighted by Crippen LogP contribution is -2.45. The Morgan fingerprint density at radius 3 is 2.86 bits per heavy atom. The molecule has 0 aromatic carbocycles. The first kappa shape index (κ1) is 11.6. The second-order valence-electron chi connectivity index (χ2n) is 3.27. The molecule has 0 unspecified atom stereocenters. The van der Waals surface area contributed by atoms with Crippen LogP contribution in [0.25, 0.3) is 0 Å². The topological polar surface area (TPSA) is 60.3 Å². The van der Waals surface area contributed by atoms with Gasteiger partial charge in [-0.05, 0) is 6.92 Å². The number of ether oxygens (including phenoxy) is 3. The van der Waals surface area contributed by atoms with Crippen LogP contribution in [0.3, 0.4) is 0 Å². The number of aliphatic hydroxyl groups excluding tert-OH is 1. The minimum absolute atomic E-state index is 0.0129. The molecule has 0 aliphatic carbocycles. The van der Waals surface area contributed by atoms with Gasteiger partial charge in [0.15, 0.2) is 6.29 Å². The summed E-state index contributed by atoms with van der Waals surface area (Å²) in [6, 6.07) is 0. The molecule has 0 aromatic rings. The molecule has 82 valence electrons. The molecule has 1 saturated heterocycles. The zero-order valence-corrected chi connectivity index (χ0v) is 8.77. The van der Waals surface area contributed by atoms with Crippen molar-refractivity contribution >= 4 is 5.71 Å². The first-order valence-corrected chi connectivity index (χ1v) is 4.57. The fraction of sp³-hybridized carbons (Fsp3) is 0.889. The van der Waals surface area contributed by atoms with Gasteiger partial charge in [0.2, 0.25) is 0 Å². The number of hydrogen-bond acceptors (Lipinski definition) is 5. The summed E-state index contributed by atoms with van der Waals surface area (Å²) in [5.41, 5.74) is 0.678. The minimum atomic E-state index is -0.786. The highest BCUT2D eigenvalue weighted by Crippen LogP contribution is 2.18. The summed E-state index contributed by atoms with van der Waals surface area (Å²) in [7, 11) is 3.06. The standard InChI is InChI=1S/C9H17NO4/c1-6-4-7(10-5-12-2)8(11)9(13-3)14-6/h6,8-9,11H,4-5H2,1-3H3/t6-,8-,9-/m1/s1. The van der Waals surface area contributed by atoms with Gasteiger partial charge in [0, 0.05) is 20.6 Å². The number of hydrogen-bond donors (Lipinski definition) is 1. The molecule has 1 fully saturated rings. The third-order valence-electron chi connectivity index (χ3n) is 2.09. The molecular weight excluding hydrogens is 186 g/mol. The monoisotopic (exact) mass is 203 g/mol. The molecular formula is C9H17NO4. The first-order chi connectivity index (χ1) is 6.69. The van der Waals surface area contributed by atoms with Gasteiger partial charge < -0.3 is 19.3 Å². The largest absolute Gasteiger partial charge is 0.382 e. The van der Waals surface area contributed by atoms with Crippen LogP contribution in [-0.4, -0.2) is 50.3 Å². The van der Waals surface area contributed by atoms with Crippen LogP contribution < -0.4 is 0 Å². The molecule has 5 heteroatoms. The van der Waals surface area contributed by atoms with Crippen LogP contribution in [0, 0.1) is 0 Å². The Labute approximate surface area is 83.7 Å². The van der Waals surface area contributed by atoms with Crippen molar-refractivity contribution in [2.24, 2.45) is 4.99 Å². The summed E-state index contributed by atoms with van der Waals surface area (Å²) in [6.07, 6.45) is -0.774. The van der Waals surface area contributed by atoms with Gasteiger partial charge >= 0.3 is 0 Å². The average Bonchev–Trinajstić information content (AvgIpc) is 2.18. The molecule has 5 nitrogen and oxygen atoms in total. The van der Waals surface area contributed by atoms with E-state index in [0.29, 0.717) is 12.1 Å². The molecule has 1 N–H and O–H groups in total. The van der Waals surface area contributed by atoms with E-state index < -0.39 is 12.4 Å². The quantitative estimate of drug-likeness (QED) is 0.710. The highest BCUT2D eigenvalue weighted by molar-refractivity contribution is 5.89. The Kier molecular flexibility index (Phi) is 4.47. The fourth-order valence-electron chi connectivity index (χ4n) is 1.41. The maximum Gasteiger partial charge on any atom is 0.188 e. The Hall–Kier alpha value is -0.490. The van der Waals surface area contributed by atoms with Crippen molar-refractivity contribution in [1.82, 2.24) is 0 Å². The van der Waals surface area contributed by atoms with Crippen molar-refractivity contribution < 1.29 is 19.3 Å². The Bertz CT molecular complexity index is 207. The molecule has 1 heterocycles. The number of aliphatic hydroxyl groups is 1. The molecule has 0 saturated carbocycles. The summed E-state index contributed by atoms with van der Waals surface area (Å²) in [5, 5.41) is 9.74. The maximum absolute atomic E-state index is 9.74. The summed E-state index contributed by atoms with van der Waals surface area (Å²) in [5.74, 6) is 0. The molecule has 14 heavy (non-hydrogen) atoms. The Morgan fingerprint density at radius 1 is 1.57 bits per heavy atom. The molecule has 1 aliphatic rings. The second kappa shape index (κ2) is 5.41. The maximum atomic E-state index is 9.74. The van der Waals surface area contributed by atoms with Crippen LogP contribution in [0.1, 0.15) is 13.3 Å². The van der Waals surface area contributed by atoms with Crippen LogP contribution in [0.15, 0.2) is 4.99 Å². The lowest BCUT2D eigenvalue weighted by molar-refractivity contribution is -0.194. The van der Waals surface area contributed by atoms with Crippen LogP contribution >= 0.6 is 0 Å². The van der Waals surface area contributed by atoms with Crippen LogP contribution in [0.2, 0.25) is 0 Å². The number of rotatable bonds is 3. The van der Waals surface area contributed by atoms with Gasteiger partial charge in [-0.15, -0.1) is 0 Å². The summed E-state index contributed by atoms with van der Waals surface area (Å²) >= 11 is 0. The van der Waals surface area contributed by atoms with Crippen molar-refractivity contribution in [3.05, 3.63) is 0 Å². The SMILES string of the molecule is COCN=C1C[C@@H](C)O[C@@H](OC)[C@@H]1O. The van der Waals surface area contributed by atoms with Crippen molar-refractivity contribution in [2.75, 3.05) is 21.0 Å². The van der Waals surface area contributed by atoms with Gasteiger partial charge in [-0.1, -0.05) is 0 Å². The molecule has 0 bridgehead atoms. The third-order valence-corrected chi connectivity index (χ3v) is 2.09. The van der Waals surface area contributed by atoms with Gasteiger partial charge in [0.1, 0.15) is 12.8 Å². The van der Waals surface area contributed by atoms with E-state index in [-0.39, 0.29) is 12.8 Å². The van der Waals surface area contributed by atoms with E-state index in [1.807, 2.05) is 6.92 Å². The molecule has 0 aromatic heterocycles. The number of methoxy groups -OCH3 is 2.